The molecule has 1 aromatic carbocycles. The number of aryl methyl sites for hydroxylation is 1. The summed E-state index contributed by atoms with van der Waals surface area (Å²) >= 11 is 0. The lowest BCUT2D eigenvalue weighted by atomic mass is 10.0. The molecule has 0 aliphatic heterocycles. The van der Waals surface area contributed by atoms with E-state index < -0.39 is 6.10 Å². The third kappa shape index (κ3) is 2.40. The van der Waals surface area contributed by atoms with Gasteiger partial charge in [0.2, 0.25) is 0 Å². The Kier molecular flexibility index (Phi) is 3.43. The van der Waals surface area contributed by atoms with Crippen LogP contribution in [-0.2, 0) is 13.0 Å². The number of benzene rings is 1. The minimum atomic E-state index is -0.589. The van der Waals surface area contributed by atoms with Crippen molar-refractivity contribution in [1.82, 2.24) is 19.7 Å². The second kappa shape index (κ2) is 5.38. The first-order valence-corrected chi connectivity index (χ1v) is 6.67. The lowest BCUT2D eigenvalue weighted by Gasteiger charge is -2.11. The van der Waals surface area contributed by atoms with Gasteiger partial charge in [-0.1, -0.05) is 12.1 Å². The highest BCUT2D eigenvalue weighted by molar-refractivity contribution is 5.79. The molecule has 0 bridgehead atoms. The van der Waals surface area contributed by atoms with Gasteiger partial charge in [0.1, 0.15) is 12.2 Å². The van der Waals surface area contributed by atoms with Crippen LogP contribution in [0.4, 0.5) is 0 Å². The molecule has 3 rings (SSSR count). The summed E-state index contributed by atoms with van der Waals surface area (Å²) in [5, 5.41) is 15.5. The predicted molar refractivity (Wildman–Crippen MR) is 76.1 cm³/mol. The number of rotatable bonds is 4. The first kappa shape index (κ1) is 12.7. The van der Waals surface area contributed by atoms with Crippen LogP contribution in [0.3, 0.4) is 0 Å². The van der Waals surface area contributed by atoms with Gasteiger partial charge in [-0.05, 0) is 30.7 Å². The normalized spacial score (nSPS) is 12.7. The van der Waals surface area contributed by atoms with Gasteiger partial charge in [-0.2, -0.15) is 5.10 Å². The van der Waals surface area contributed by atoms with Crippen LogP contribution in [0.15, 0.2) is 42.9 Å². The van der Waals surface area contributed by atoms with Crippen molar-refractivity contribution in [2.75, 3.05) is 0 Å². The van der Waals surface area contributed by atoms with E-state index in [0.29, 0.717) is 6.42 Å². The Labute approximate surface area is 116 Å². The minimum Gasteiger partial charge on any atom is -0.388 e. The van der Waals surface area contributed by atoms with Gasteiger partial charge in [0, 0.05) is 24.5 Å². The molecule has 0 aliphatic rings. The molecule has 0 fully saturated rings. The number of fused-ring (bicyclic) bond motifs is 1. The van der Waals surface area contributed by atoms with Crippen molar-refractivity contribution in [1.29, 1.82) is 0 Å². The van der Waals surface area contributed by atoms with Crippen LogP contribution in [0.5, 0.6) is 0 Å². The first-order chi connectivity index (χ1) is 9.78. The van der Waals surface area contributed by atoms with Crippen LogP contribution in [0.2, 0.25) is 0 Å². The summed E-state index contributed by atoms with van der Waals surface area (Å²) in [6, 6.07) is 9.70. The van der Waals surface area contributed by atoms with E-state index in [2.05, 4.69) is 15.1 Å². The average molecular weight is 268 g/mol. The molecule has 3 aromatic rings. The third-order valence-electron chi connectivity index (χ3n) is 3.38. The van der Waals surface area contributed by atoms with Crippen LogP contribution in [0.25, 0.3) is 10.9 Å². The van der Waals surface area contributed by atoms with Crippen LogP contribution in [0, 0.1) is 0 Å². The summed E-state index contributed by atoms with van der Waals surface area (Å²) in [6.07, 6.45) is 3.16. The number of hydrogen-bond acceptors (Lipinski definition) is 4. The number of nitrogens with zero attached hydrogens (tertiary/aromatic N) is 4. The van der Waals surface area contributed by atoms with Crippen molar-refractivity contribution in [2.24, 2.45) is 0 Å². The average Bonchev–Trinajstić information content (AvgIpc) is 2.94. The van der Waals surface area contributed by atoms with Gasteiger partial charge in [0.15, 0.2) is 0 Å². The zero-order valence-corrected chi connectivity index (χ0v) is 11.3. The van der Waals surface area contributed by atoms with E-state index in [0.717, 1.165) is 28.8 Å². The molecule has 0 amide bonds. The van der Waals surface area contributed by atoms with E-state index in [-0.39, 0.29) is 0 Å². The Morgan fingerprint density at radius 1 is 1.25 bits per heavy atom. The molecule has 2 heterocycles. The molecule has 0 saturated carbocycles. The number of aromatic nitrogens is 4. The molecule has 20 heavy (non-hydrogen) atoms. The van der Waals surface area contributed by atoms with Gasteiger partial charge in [-0.15, -0.1) is 0 Å². The van der Waals surface area contributed by atoms with Gasteiger partial charge >= 0.3 is 0 Å². The van der Waals surface area contributed by atoms with E-state index in [1.807, 2.05) is 37.3 Å². The lowest BCUT2D eigenvalue weighted by molar-refractivity contribution is 0.174. The highest BCUT2D eigenvalue weighted by Crippen LogP contribution is 2.21. The van der Waals surface area contributed by atoms with Crippen LogP contribution >= 0.6 is 0 Å². The lowest BCUT2D eigenvalue weighted by Crippen LogP contribution is -2.09. The summed E-state index contributed by atoms with van der Waals surface area (Å²) in [5.41, 5.74) is 1.80. The van der Waals surface area contributed by atoms with E-state index in [1.165, 1.54) is 6.33 Å². The maximum absolute atomic E-state index is 10.4. The molecule has 2 aromatic heterocycles. The smallest absolute Gasteiger partial charge is 0.138 e. The molecule has 1 N–H and O–H groups in total. The summed E-state index contributed by atoms with van der Waals surface area (Å²) in [7, 11) is 0. The molecule has 0 aliphatic carbocycles. The molecule has 5 nitrogen and oxygen atoms in total. The second-order valence-electron chi connectivity index (χ2n) is 4.67. The number of pyridine rings is 1. The quantitative estimate of drug-likeness (QED) is 0.787. The molecule has 1 unspecified atom stereocenters. The predicted octanol–water partition coefficient (Wildman–Crippen LogP) is 2.12. The van der Waals surface area contributed by atoms with Crippen molar-refractivity contribution >= 4 is 10.9 Å². The molecular weight excluding hydrogens is 252 g/mol. The van der Waals surface area contributed by atoms with E-state index in [1.54, 1.807) is 10.9 Å². The van der Waals surface area contributed by atoms with Gasteiger partial charge in [0.25, 0.3) is 0 Å². The van der Waals surface area contributed by atoms with Crippen molar-refractivity contribution in [3.8, 4) is 0 Å². The molecule has 0 saturated heterocycles. The Hall–Kier alpha value is -2.27. The monoisotopic (exact) mass is 268 g/mol. The topological polar surface area (TPSA) is 63.8 Å². The van der Waals surface area contributed by atoms with Gasteiger partial charge in [-0.25, -0.2) is 4.98 Å². The fourth-order valence-corrected chi connectivity index (χ4v) is 2.30. The molecular formula is C15H16N4O. The van der Waals surface area contributed by atoms with Crippen molar-refractivity contribution < 1.29 is 5.11 Å². The first-order valence-electron chi connectivity index (χ1n) is 6.67. The summed E-state index contributed by atoms with van der Waals surface area (Å²) in [4.78, 5) is 8.47. The van der Waals surface area contributed by atoms with Crippen LogP contribution in [0.1, 0.15) is 24.4 Å². The van der Waals surface area contributed by atoms with Crippen molar-refractivity contribution in [3.05, 3.63) is 54.2 Å². The molecule has 5 heteroatoms. The SMILES string of the molecule is CCn1ncnc1CC(O)c1ccc2ncccc2c1. The Morgan fingerprint density at radius 2 is 2.15 bits per heavy atom. The standard InChI is InChI=1S/C15H16N4O/c1-2-19-15(17-10-18-19)9-14(20)12-5-6-13-11(8-12)4-3-7-16-13/h3-8,10,14,20H,2,9H2,1H3. The number of hydrogen-bond donors (Lipinski definition) is 1. The minimum absolute atomic E-state index is 0.458. The van der Waals surface area contributed by atoms with Gasteiger partial charge in [0.05, 0.1) is 11.6 Å². The van der Waals surface area contributed by atoms with Gasteiger partial charge in [-0.3, -0.25) is 9.67 Å². The molecule has 0 spiro atoms. The molecule has 102 valence electrons. The summed E-state index contributed by atoms with van der Waals surface area (Å²) in [5.74, 6) is 0.797. The van der Waals surface area contributed by atoms with E-state index >= 15 is 0 Å². The highest BCUT2D eigenvalue weighted by Gasteiger charge is 2.13. The summed E-state index contributed by atoms with van der Waals surface area (Å²) < 4.78 is 1.80. The zero-order valence-electron chi connectivity index (χ0n) is 11.3. The Morgan fingerprint density at radius 3 is 3.00 bits per heavy atom. The molecule has 0 radical (unpaired) electrons. The second-order valence-corrected chi connectivity index (χ2v) is 4.67. The number of aliphatic hydroxyl groups is 1. The maximum Gasteiger partial charge on any atom is 0.138 e. The van der Waals surface area contributed by atoms with E-state index in [4.69, 9.17) is 0 Å². The maximum atomic E-state index is 10.4. The largest absolute Gasteiger partial charge is 0.388 e. The zero-order chi connectivity index (χ0) is 13.9. The fraction of sp³-hybridized carbons (Fsp3) is 0.267. The molecule has 1 atom stereocenters. The highest BCUT2D eigenvalue weighted by atomic mass is 16.3. The van der Waals surface area contributed by atoms with Gasteiger partial charge < -0.3 is 5.11 Å². The van der Waals surface area contributed by atoms with Crippen molar-refractivity contribution in [3.63, 3.8) is 0 Å². The summed E-state index contributed by atoms with van der Waals surface area (Å²) in [6.45, 7) is 2.76. The number of aliphatic hydroxyl groups excluding tert-OH is 1. The Bertz CT molecular complexity index is 722. The van der Waals surface area contributed by atoms with E-state index in [9.17, 15) is 5.11 Å². The van der Waals surface area contributed by atoms with Crippen LogP contribution in [-0.4, -0.2) is 24.9 Å². The van der Waals surface area contributed by atoms with Crippen LogP contribution < -0.4 is 0 Å². The Balaban J connectivity index is 1.86. The fourth-order valence-electron chi connectivity index (χ4n) is 2.30. The third-order valence-corrected chi connectivity index (χ3v) is 3.38. The van der Waals surface area contributed by atoms with Crippen molar-refractivity contribution in [2.45, 2.75) is 26.0 Å².